The molecule has 50 heavy (non-hydrogen) atoms. The molecule has 0 bridgehead atoms. The molecule has 0 unspecified atom stereocenters. The SMILES string of the molecule is O=[N+]([O-])c1ccc(NCCOCCOCCOCCOCCOCCOCCOCCOCCOCCOCc2ccccc2)c([N+](=O)[O-])c1. The maximum atomic E-state index is 11.1. The van der Waals surface area contributed by atoms with E-state index < -0.39 is 9.85 Å². The maximum absolute atomic E-state index is 11.1. The highest BCUT2D eigenvalue weighted by Crippen LogP contribution is 2.28. The van der Waals surface area contributed by atoms with Gasteiger partial charge in [0, 0.05) is 12.6 Å². The van der Waals surface area contributed by atoms with E-state index in [1.807, 2.05) is 30.3 Å². The minimum Gasteiger partial charge on any atom is -0.377 e. The van der Waals surface area contributed by atoms with Gasteiger partial charge >= 0.3 is 0 Å². The molecule has 2 aromatic carbocycles. The summed E-state index contributed by atoms with van der Waals surface area (Å²) in [5, 5.41) is 24.8. The van der Waals surface area contributed by atoms with Crippen molar-refractivity contribution in [2.24, 2.45) is 0 Å². The normalized spacial score (nSPS) is 11.2. The smallest absolute Gasteiger partial charge is 0.299 e. The second-order valence-electron chi connectivity index (χ2n) is 10.2. The number of nitro groups is 2. The van der Waals surface area contributed by atoms with E-state index in [1.54, 1.807) is 0 Å². The van der Waals surface area contributed by atoms with Crippen LogP contribution in [0.5, 0.6) is 0 Å². The van der Waals surface area contributed by atoms with Gasteiger partial charge in [-0.25, -0.2) is 0 Å². The number of nitrogens with zero attached hydrogens (tertiary/aromatic N) is 2. The number of ether oxygens (including phenoxy) is 10. The van der Waals surface area contributed by atoms with Crippen LogP contribution in [0.25, 0.3) is 0 Å². The number of benzene rings is 2. The Bertz CT molecular complexity index is 1130. The van der Waals surface area contributed by atoms with Gasteiger partial charge in [-0.15, -0.1) is 0 Å². The van der Waals surface area contributed by atoms with Crippen molar-refractivity contribution in [1.82, 2.24) is 0 Å². The lowest BCUT2D eigenvalue weighted by atomic mass is 10.2. The predicted octanol–water partition coefficient (Wildman–Crippen LogP) is 3.28. The quantitative estimate of drug-likeness (QED) is 0.0622. The average molecular weight is 714 g/mol. The summed E-state index contributed by atoms with van der Waals surface area (Å²) in [6, 6.07) is 13.5. The first-order valence-corrected chi connectivity index (χ1v) is 16.6. The molecule has 17 nitrogen and oxygen atoms in total. The van der Waals surface area contributed by atoms with Crippen LogP contribution < -0.4 is 5.32 Å². The first-order chi connectivity index (χ1) is 24.6. The molecular weight excluding hydrogens is 662 g/mol. The molecule has 0 spiro atoms. The molecule has 0 heterocycles. The zero-order valence-electron chi connectivity index (χ0n) is 28.6. The van der Waals surface area contributed by atoms with Crippen molar-refractivity contribution in [3.8, 4) is 0 Å². The van der Waals surface area contributed by atoms with E-state index in [4.69, 9.17) is 47.4 Å². The van der Waals surface area contributed by atoms with Crippen molar-refractivity contribution in [3.05, 3.63) is 74.3 Å². The Morgan fingerprint density at radius 1 is 0.460 bits per heavy atom. The Morgan fingerprint density at radius 2 is 0.840 bits per heavy atom. The largest absolute Gasteiger partial charge is 0.377 e. The molecule has 0 saturated carbocycles. The van der Waals surface area contributed by atoms with E-state index in [0.29, 0.717) is 132 Å². The third kappa shape index (κ3) is 23.1. The fourth-order valence-corrected chi connectivity index (χ4v) is 3.94. The van der Waals surface area contributed by atoms with Crippen LogP contribution in [-0.2, 0) is 54.0 Å². The molecular formula is C33H51N3O14. The predicted molar refractivity (Wildman–Crippen MR) is 182 cm³/mol. The van der Waals surface area contributed by atoms with Gasteiger partial charge in [-0.05, 0) is 11.6 Å². The summed E-state index contributed by atoms with van der Waals surface area (Å²) in [5.41, 5.74) is 0.622. The molecule has 0 aliphatic carbocycles. The van der Waals surface area contributed by atoms with E-state index in [1.165, 1.54) is 12.1 Å². The van der Waals surface area contributed by atoms with Crippen LogP contribution in [0.3, 0.4) is 0 Å². The van der Waals surface area contributed by atoms with Crippen molar-refractivity contribution in [1.29, 1.82) is 0 Å². The number of anilines is 1. The lowest BCUT2D eigenvalue weighted by Gasteiger charge is -2.09. The number of nitrogens with one attached hydrogen (secondary N) is 1. The minimum absolute atomic E-state index is 0.186. The van der Waals surface area contributed by atoms with E-state index >= 15 is 0 Å². The van der Waals surface area contributed by atoms with E-state index in [2.05, 4.69) is 5.32 Å². The van der Waals surface area contributed by atoms with Crippen LogP contribution in [-0.4, -0.2) is 142 Å². The van der Waals surface area contributed by atoms with E-state index in [0.717, 1.165) is 11.6 Å². The Morgan fingerprint density at radius 3 is 1.22 bits per heavy atom. The van der Waals surface area contributed by atoms with Crippen molar-refractivity contribution >= 4 is 17.1 Å². The molecule has 0 saturated heterocycles. The number of hydrogen-bond donors (Lipinski definition) is 1. The summed E-state index contributed by atoms with van der Waals surface area (Å²) in [6.07, 6.45) is 0. The zero-order chi connectivity index (χ0) is 35.7. The molecule has 0 atom stereocenters. The molecule has 0 fully saturated rings. The van der Waals surface area contributed by atoms with Crippen molar-refractivity contribution in [3.63, 3.8) is 0 Å². The van der Waals surface area contributed by atoms with Gasteiger partial charge in [0.1, 0.15) is 5.69 Å². The Labute approximate surface area is 292 Å². The van der Waals surface area contributed by atoms with Gasteiger partial charge in [-0.3, -0.25) is 20.2 Å². The first kappa shape index (κ1) is 42.8. The minimum atomic E-state index is -0.680. The number of hydrogen-bond acceptors (Lipinski definition) is 15. The van der Waals surface area contributed by atoms with Gasteiger partial charge < -0.3 is 52.7 Å². The standard InChI is InChI=1S/C33H51N3O14/c37-35(38)31-6-7-32(33(28-31)36(39)40)34-8-9-41-10-11-42-12-13-43-14-15-44-16-17-45-18-19-46-20-21-47-22-23-48-24-25-49-26-27-50-29-30-4-2-1-3-5-30/h1-7,28,34H,8-27,29H2. The highest BCUT2D eigenvalue weighted by atomic mass is 16.6. The Hall–Kier alpha value is -3.36. The summed E-state index contributed by atoms with van der Waals surface area (Å²) in [6.45, 7) is 9.52. The molecule has 0 radical (unpaired) electrons. The summed E-state index contributed by atoms with van der Waals surface area (Å²) in [7, 11) is 0. The molecule has 0 aliphatic heterocycles. The van der Waals surface area contributed by atoms with Crippen molar-refractivity contribution in [2.45, 2.75) is 6.61 Å². The van der Waals surface area contributed by atoms with Gasteiger partial charge in [0.15, 0.2) is 0 Å². The molecule has 1 N–H and O–H groups in total. The lowest BCUT2D eigenvalue weighted by molar-refractivity contribution is -0.393. The lowest BCUT2D eigenvalue weighted by Crippen LogP contribution is -2.16. The maximum Gasteiger partial charge on any atom is 0.299 e. The first-order valence-electron chi connectivity index (χ1n) is 16.6. The van der Waals surface area contributed by atoms with E-state index in [9.17, 15) is 20.2 Å². The van der Waals surface area contributed by atoms with Gasteiger partial charge in [0.25, 0.3) is 11.4 Å². The summed E-state index contributed by atoms with van der Waals surface area (Å²) >= 11 is 0. The fourth-order valence-electron chi connectivity index (χ4n) is 3.94. The van der Waals surface area contributed by atoms with Crippen LogP contribution >= 0.6 is 0 Å². The second kappa shape index (κ2) is 30.5. The fraction of sp³-hybridized carbons (Fsp3) is 0.636. The third-order valence-corrected chi connectivity index (χ3v) is 6.41. The number of rotatable bonds is 35. The Balaban J connectivity index is 1.20. The third-order valence-electron chi connectivity index (χ3n) is 6.41. The monoisotopic (exact) mass is 713 g/mol. The summed E-state index contributed by atoms with van der Waals surface area (Å²) in [5.74, 6) is 0. The van der Waals surface area contributed by atoms with Crippen LogP contribution in [0.4, 0.5) is 17.1 Å². The average Bonchev–Trinajstić information content (AvgIpc) is 3.12. The molecule has 0 aliphatic rings. The molecule has 2 aromatic rings. The summed E-state index contributed by atoms with van der Waals surface area (Å²) < 4.78 is 54.7. The van der Waals surface area contributed by atoms with Crippen LogP contribution in [0, 0.1) is 20.2 Å². The Kier molecular flexibility index (Phi) is 26.1. The van der Waals surface area contributed by atoms with Crippen LogP contribution in [0.1, 0.15) is 5.56 Å². The van der Waals surface area contributed by atoms with Gasteiger partial charge in [0.05, 0.1) is 148 Å². The van der Waals surface area contributed by atoms with Crippen molar-refractivity contribution in [2.75, 3.05) is 137 Å². The van der Waals surface area contributed by atoms with Crippen LogP contribution in [0.2, 0.25) is 0 Å². The summed E-state index contributed by atoms with van der Waals surface area (Å²) in [4.78, 5) is 20.6. The molecule has 282 valence electrons. The number of non-ortho nitro benzene ring substituents is 1. The zero-order valence-corrected chi connectivity index (χ0v) is 28.6. The molecule has 0 amide bonds. The van der Waals surface area contributed by atoms with Gasteiger partial charge in [0.2, 0.25) is 0 Å². The number of nitro benzene ring substituents is 2. The highest BCUT2D eigenvalue weighted by Gasteiger charge is 2.19. The topological polar surface area (TPSA) is 191 Å². The molecule has 0 aromatic heterocycles. The van der Waals surface area contributed by atoms with Crippen LogP contribution in [0.15, 0.2) is 48.5 Å². The second-order valence-corrected chi connectivity index (χ2v) is 10.2. The van der Waals surface area contributed by atoms with Gasteiger partial charge in [-0.2, -0.15) is 0 Å². The molecule has 2 rings (SSSR count). The van der Waals surface area contributed by atoms with Gasteiger partial charge in [-0.1, -0.05) is 30.3 Å². The van der Waals surface area contributed by atoms with Crippen molar-refractivity contribution < 1.29 is 57.2 Å². The van der Waals surface area contributed by atoms with E-state index in [-0.39, 0.29) is 23.7 Å². The molecule has 17 heteroatoms. The highest BCUT2D eigenvalue weighted by molar-refractivity contribution is 5.65.